The van der Waals surface area contributed by atoms with Crippen molar-refractivity contribution in [3.05, 3.63) is 30.1 Å². The normalized spacial score (nSPS) is 26.7. The summed E-state index contributed by atoms with van der Waals surface area (Å²) in [5.41, 5.74) is 0.896. The molecule has 1 amide bonds. The Balaban J connectivity index is 0.000000360. The number of ether oxygens (including phenoxy) is 1. The molecular weight excluding hydrogens is 439 g/mol. The lowest BCUT2D eigenvalue weighted by Gasteiger charge is -2.36. The van der Waals surface area contributed by atoms with Gasteiger partial charge in [0.2, 0.25) is 11.8 Å². The number of carboxylic acids is 1. The van der Waals surface area contributed by atoms with E-state index in [1.54, 1.807) is 6.20 Å². The maximum atomic E-state index is 13.1. The van der Waals surface area contributed by atoms with E-state index in [1.165, 1.54) is 0 Å². The van der Waals surface area contributed by atoms with Crippen LogP contribution in [0.5, 0.6) is 0 Å². The third-order valence-electron chi connectivity index (χ3n) is 6.40. The van der Waals surface area contributed by atoms with E-state index in [9.17, 15) is 26.7 Å². The Morgan fingerprint density at radius 3 is 2.50 bits per heavy atom. The van der Waals surface area contributed by atoms with Crippen LogP contribution in [0, 0.1) is 17.3 Å². The summed E-state index contributed by atoms with van der Waals surface area (Å²) in [5.74, 6) is -5.53. The zero-order chi connectivity index (χ0) is 23.6. The molecule has 1 N–H and O–H groups in total. The number of aliphatic carboxylic acids is 1. The van der Waals surface area contributed by atoms with Gasteiger partial charge in [0.1, 0.15) is 0 Å². The number of amides is 1. The number of halogens is 5. The van der Waals surface area contributed by atoms with E-state index in [2.05, 4.69) is 4.98 Å². The molecule has 1 saturated heterocycles. The van der Waals surface area contributed by atoms with Crippen LogP contribution in [-0.2, 0) is 20.9 Å². The minimum Gasteiger partial charge on any atom is -0.475 e. The van der Waals surface area contributed by atoms with Gasteiger partial charge in [-0.2, -0.15) is 13.2 Å². The van der Waals surface area contributed by atoms with Crippen LogP contribution in [0.1, 0.15) is 37.8 Å². The van der Waals surface area contributed by atoms with E-state index >= 15 is 0 Å². The van der Waals surface area contributed by atoms with Gasteiger partial charge >= 0.3 is 12.1 Å². The lowest BCUT2D eigenvalue weighted by Crippen LogP contribution is -2.46. The van der Waals surface area contributed by atoms with Gasteiger partial charge in [0.25, 0.3) is 0 Å². The minimum absolute atomic E-state index is 0.00327. The smallest absolute Gasteiger partial charge is 0.475 e. The zero-order valence-corrected chi connectivity index (χ0v) is 17.3. The van der Waals surface area contributed by atoms with Crippen molar-refractivity contribution in [2.45, 2.75) is 50.8 Å². The number of pyridine rings is 1. The van der Waals surface area contributed by atoms with Crippen LogP contribution in [-0.4, -0.2) is 58.7 Å². The third-order valence-corrected chi connectivity index (χ3v) is 6.40. The topological polar surface area (TPSA) is 79.7 Å². The highest BCUT2D eigenvalue weighted by Crippen LogP contribution is 2.51. The molecule has 2 aliphatic carbocycles. The van der Waals surface area contributed by atoms with Gasteiger partial charge in [-0.3, -0.25) is 9.78 Å². The number of hydrogen-bond donors (Lipinski definition) is 1. The number of carbonyl (C=O) groups is 2. The van der Waals surface area contributed by atoms with Gasteiger partial charge in [-0.15, -0.1) is 0 Å². The van der Waals surface area contributed by atoms with Crippen molar-refractivity contribution in [2.75, 3.05) is 19.7 Å². The Morgan fingerprint density at radius 2 is 1.94 bits per heavy atom. The second-order valence-electron chi connectivity index (χ2n) is 8.75. The number of hydrogen-bond acceptors (Lipinski definition) is 4. The molecule has 1 aromatic rings. The average molecular weight is 464 g/mol. The van der Waals surface area contributed by atoms with Gasteiger partial charge in [-0.25, -0.2) is 13.6 Å². The Bertz CT molecular complexity index is 812. The maximum absolute atomic E-state index is 13.1. The summed E-state index contributed by atoms with van der Waals surface area (Å²) in [4.78, 5) is 27.5. The third kappa shape index (κ3) is 5.73. The quantitative estimate of drug-likeness (QED) is 0.669. The molecule has 6 nitrogen and oxygen atoms in total. The predicted molar refractivity (Wildman–Crippen MR) is 102 cm³/mol. The van der Waals surface area contributed by atoms with Crippen LogP contribution in [0.2, 0.25) is 0 Å². The SMILES string of the molecule is O=C(C1CC(F)(F)C1)N1C[C@H]2CCC[C@@]2(COCc2ccccn2)C1.O=C(O)C(F)(F)F. The van der Waals surface area contributed by atoms with Gasteiger partial charge in [-0.05, 0) is 30.9 Å². The van der Waals surface area contributed by atoms with Crippen molar-refractivity contribution in [2.24, 2.45) is 17.3 Å². The van der Waals surface area contributed by atoms with E-state index in [0.29, 0.717) is 32.2 Å². The first-order valence-electron chi connectivity index (χ1n) is 10.4. The highest BCUT2D eigenvalue weighted by atomic mass is 19.4. The van der Waals surface area contributed by atoms with E-state index in [-0.39, 0.29) is 24.2 Å². The number of carbonyl (C=O) groups excluding carboxylic acids is 1. The van der Waals surface area contributed by atoms with E-state index in [4.69, 9.17) is 14.6 Å². The number of nitrogens with zero attached hydrogens (tertiary/aromatic N) is 2. The lowest BCUT2D eigenvalue weighted by molar-refractivity contribution is -0.192. The highest BCUT2D eigenvalue weighted by Gasteiger charge is 2.55. The van der Waals surface area contributed by atoms with E-state index in [1.807, 2.05) is 23.1 Å². The summed E-state index contributed by atoms with van der Waals surface area (Å²) < 4.78 is 63.8. The van der Waals surface area contributed by atoms with Crippen molar-refractivity contribution in [3.63, 3.8) is 0 Å². The van der Waals surface area contributed by atoms with Crippen molar-refractivity contribution < 1.29 is 41.4 Å². The average Bonchev–Trinajstić information content (AvgIpc) is 3.23. The van der Waals surface area contributed by atoms with Crippen molar-refractivity contribution >= 4 is 11.9 Å². The standard InChI is InChI=1S/C19H24F2N2O2.C2HF3O2/c20-19(21)8-14(9-19)17(24)23-10-15-4-3-6-18(15,12-23)13-25-11-16-5-1-2-7-22-16;3-2(4,5)1(6)7/h1-2,5,7,14-15H,3-4,6,8-13H2;(H,6,7)/t15-,18+;/m1./s1. The molecule has 3 aliphatic rings. The predicted octanol–water partition coefficient (Wildman–Crippen LogP) is 3.91. The Labute approximate surface area is 181 Å². The van der Waals surface area contributed by atoms with Crippen LogP contribution in [0.3, 0.4) is 0 Å². The van der Waals surface area contributed by atoms with E-state index in [0.717, 1.165) is 25.0 Å². The molecule has 1 aromatic heterocycles. The summed E-state index contributed by atoms with van der Waals surface area (Å²) >= 11 is 0. The summed E-state index contributed by atoms with van der Waals surface area (Å²) in [6.07, 6.45) is -0.602. The van der Waals surface area contributed by atoms with Crippen LogP contribution in [0.25, 0.3) is 0 Å². The molecular formula is C21H25F5N2O4. The number of alkyl halides is 5. The zero-order valence-electron chi connectivity index (χ0n) is 17.3. The Kier molecular flexibility index (Phi) is 7.06. The fourth-order valence-corrected chi connectivity index (χ4v) is 4.75. The number of aromatic nitrogens is 1. The van der Waals surface area contributed by atoms with Crippen LogP contribution in [0.15, 0.2) is 24.4 Å². The highest BCUT2D eigenvalue weighted by molar-refractivity contribution is 5.80. The van der Waals surface area contributed by atoms with Gasteiger partial charge in [-0.1, -0.05) is 12.5 Å². The first-order chi connectivity index (χ1) is 14.9. The van der Waals surface area contributed by atoms with Crippen LogP contribution < -0.4 is 0 Å². The molecule has 3 fully saturated rings. The molecule has 2 saturated carbocycles. The second-order valence-corrected chi connectivity index (χ2v) is 8.75. The van der Waals surface area contributed by atoms with E-state index < -0.39 is 24.0 Å². The Morgan fingerprint density at radius 1 is 1.25 bits per heavy atom. The fourth-order valence-electron chi connectivity index (χ4n) is 4.75. The summed E-state index contributed by atoms with van der Waals surface area (Å²) in [6.45, 7) is 2.44. The molecule has 0 aromatic carbocycles. The first kappa shape index (κ1) is 24.3. The fraction of sp³-hybridized carbons (Fsp3) is 0.667. The van der Waals surface area contributed by atoms with Crippen molar-refractivity contribution in [3.8, 4) is 0 Å². The first-order valence-corrected chi connectivity index (χ1v) is 10.4. The number of carboxylic acid groups (broad SMARTS) is 1. The number of likely N-dealkylation sites (tertiary alicyclic amines) is 1. The van der Waals surface area contributed by atoms with Gasteiger partial charge in [0.05, 0.1) is 18.9 Å². The lowest BCUT2D eigenvalue weighted by atomic mass is 9.80. The van der Waals surface area contributed by atoms with Gasteiger partial charge in [0.15, 0.2) is 0 Å². The number of fused-ring (bicyclic) bond motifs is 1. The number of rotatable bonds is 5. The molecule has 0 spiro atoms. The monoisotopic (exact) mass is 464 g/mol. The van der Waals surface area contributed by atoms with Crippen LogP contribution in [0.4, 0.5) is 22.0 Å². The Hall–Kier alpha value is -2.30. The van der Waals surface area contributed by atoms with Gasteiger partial charge < -0.3 is 14.7 Å². The maximum Gasteiger partial charge on any atom is 0.490 e. The van der Waals surface area contributed by atoms with Crippen molar-refractivity contribution in [1.82, 2.24) is 9.88 Å². The second kappa shape index (κ2) is 9.29. The largest absolute Gasteiger partial charge is 0.490 e. The van der Waals surface area contributed by atoms with Crippen molar-refractivity contribution in [1.29, 1.82) is 0 Å². The molecule has 1 aliphatic heterocycles. The molecule has 178 valence electrons. The minimum atomic E-state index is -5.08. The molecule has 32 heavy (non-hydrogen) atoms. The van der Waals surface area contributed by atoms with Gasteiger partial charge in [0, 0.05) is 43.5 Å². The molecule has 2 heterocycles. The molecule has 0 unspecified atom stereocenters. The molecule has 2 atom stereocenters. The van der Waals surface area contributed by atoms with Crippen LogP contribution >= 0.6 is 0 Å². The molecule has 11 heteroatoms. The summed E-state index contributed by atoms with van der Waals surface area (Å²) in [7, 11) is 0. The summed E-state index contributed by atoms with van der Waals surface area (Å²) in [6, 6.07) is 5.75. The molecule has 0 radical (unpaired) electrons. The summed E-state index contributed by atoms with van der Waals surface area (Å²) in [5, 5.41) is 7.12. The molecule has 0 bridgehead atoms. The molecule has 4 rings (SSSR count).